The Morgan fingerprint density at radius 2 is 1.87 bits per heavy atom. The number of aromatic nitrogens is 3. The van der Waals surface area contributed by atoms with Gasteiger partial charge in [0.2, 0.25) is 5.91 Å². The molecule has 4 rings (SSSR count). The summed E-state index contributed by atoms with van der Waals surface area (Å²) in [5, 5.41) is 12.7. The summed E-state index contributed by atoms with van der Waals surface area (Å²) in [7, 11) is -3.10. The van der Waals surface area contributed by atoms with Gasteiger partial charge >= 0.3 is 0 Å². The lowest BCUT2D eigenvalue weighted by Crippen LogP contribution is -2.47. The first-order chi connectivity index (χ1) is 14.7. The smallest absolute Gasteiger partial charge is 0.230 e. The molecule has 0 spiro atoms. The fourth-order valence-electron chi connectivity index (χ4n) is 3.57. The van der Waals surface area contributed by atoms with Crippen LogP contribution in [0.25, 0.3) is 17.1 Å². The third-order valence-electron chi connectivity index (χ3n) is 5.03. The van der Waals surface area contributed by atoms with Crippen molar-refractivity contribution in [2.45, 2.75) is 24.0 Å². The summed E-state index contributed by atoms with van der Waals surface area (Å²) in [5.74, 6) is 0.572. The maximum Gasteiger partial charge on any atom is 0.230 e. The van der Waals surface area contributed by atoms with Gasteiger partial charge in [0.15, 0.2) is 20.8 Å². The molecular formula is C21H21ClN4O3S2. The second kappa shape index (κ2) is 8.64. The zero-order valence-corrected chi connectivity index (χ0v) is 19.2. The van der Waals surface area contributed by atoms with Crippen molar-refractivity contribution in [1.29, 1.82) is 0 Å². The molecule has 1 atom stereocenters. The van der Waals surface area contributed by atoms with Crippen LogP contribution in [-0.2, 0) is 14.6 Å². The number of carbonyl (C=O) groups is 1. The van der Waals surface area contributed by atoms with Crippen LogP contribution in [-0.4, -0.2) is 51.9 Å². The molecule has 162 valence electrons. The Kier molecular flexibility index (Phi) is 6.09. The van der Waals surface area contributed by atoms with E-state index in [2.05, 4.69) is 15.5 Å². The lowest BCUT2D eigenvalue weighted by Gasteiger charge is -2.23. The molecule has 1 N–H and O–H groups in total. The van der Waals surface area contributed by atoms with E-state index >= 15 is 0 Å². The Morgan fingerprint density at radius 1 is 1.16 bits per heavy atom. The van der Waals surface area contributed by atoms with E-state index < -0.39 is 15.4 Å². The number of benzene rings is 2. The molecule has 0 radical (unpaired) electrons. The highest BCUT2D eigenvalue weighted by atomic mass is 35.5. The van der Waals surface area contributed by atoms with Gasteiger partial charge in [-0.05, 0) is 49.7 Å². The number of halogens is 1. The molecule has 2 aromatic carbocycles. The monoisotopic (exact) mass is 476 g/mol. The number of thioether (sulfide) groups is 1. The number of amides is 1. The van der Waals surface area contributed by atoms with Crippen LogP contribution in [0.2, 0.25) is 5.02 Å². The summed E-state index contributed by atoms with van der Waals surface area (Å²) in [5.41, 5.74) is 0.993. The van der Waals surface area contributed by atoms with Crippen LogP contribution >= 0.6 is 23.4 Å². The number of nitrogens with one attached hydrogen (secondary N) is 1. The van der Waals surface area contributed by atoms with Crippen molar-refractivity contribution in [3.05, 3.63) is 59.6 Å². The summed E-state index contributed by atoms with van der Waals surface area (Å²) in [6.07, 6.45) is 0.423. The minimum absolute atomic E-state index is 0.0304. The van der Waals surface area contributed by atoms with E-state index in [9.17, 15) is 13.2 Å². The largest absolute Gasteiger partial charge is 0.349 e. The van der Waals surface area contributed by atoms with Gasteiger partial charge in [0.05, 0.1) is 22.8 Å². The molecular weight excluding hydrogens is 456 g/mol. The van der Waals surface area contributed by atoms with Gasteiger partial charge in [-0.25, -0.2) is 8.42 Å². The van der Waals surface area contributed by atoms with Gasteiger partial charge in [-0.3, -0.25) is 9.36 Å². The summed E-state index contributed by atoms with van der Waals surface area (Å²) >= 11 is 7.27. The second-order valence-corrected chi connectivity index (χ2v) is 11.3. The van der Waals surface area contributed by atoms with Crippen LogP contribution in [0.1, 0.15) is 13.3 Å². The number of hydrogen-bond acceptors (Lipinski definition) is 6. The van der Waals surface area contributed by atoms with Crippen molar-refractivity contribution >= 4 is 39.1 Å². The zero-order chi connectivity index (χ0) is 22.1. The molecule has 3 aromatic rings. The maximum absolute atomic E-state index is 12.6. The van der Waals surface area contributed by atoms with Crippen molar-refractivity contribution < 1.29 is 13.2 Å². The minimum atomic E-state index is -3.10. The summed E-state index contributed by atoms with van der Waals surface area (Å²) in [6, 6.07) is 17.0. The highest BCUT2D eigenvalue weighted by molar-refractivity contribution is 7.99. The van der Waals surface area contributed by atoms with Gasteiger partial charge in [-0.1, -0.05) is 41.6 Å². The molecule has 1 unspecified atom stereocenters. The Balaban J connectivity index is 1.56. The molecule has 1 aromatic heterocycles. The average Bonchev–Trinajstić information content (AvgIpc) is 3.27. The average molecular weight is 477 g/mol. The molecule has 2 heterocycles. The number of carbonyl (C=O) groups excluding carboxylic acids is 1. The maximum atomic E-state index is 12.6. The number of nitrogens with zero attached hydrogens (tertiary/aromatic N) is 3. The first kappa shape index (κ1) is 21.9. The molecule has 1 fully saturated rings. The Labute approximate surface area is 190 Å². The van der Waals surface area contributed by atoms with Gasteiger partial charge in [0, 0.05) is 16.3 Å². The minimum Gasteiger partial charge on any atom is -0.349 e. The Morgan fingerprint density at radius 3 is 2.52 bits per heavy atom. The van der Waals surface area contributed by atoms with Crippen LogP contribution in [0.4, 0.5) is 0 Å². The van der Waals surface area contributed by atoms with E-state index in [0.717, 1.165) is 11.3 Å². The van der Waals surface area contributed by atoms with Crippen molar-refractivity contribution in [1.82, 2.24) is 20.1 Å². The quantitative estimate of drug-likeness (QED) is 0.548. The predicted octanol–water partition coefficient (Wildman–Crippen LogP) is 3.37. The fourth-order valence-corrected chi connectivity index (χ4v) is 6.54. The molecule has 10 heteroatoms. The van der Waals surface area contributed by atoms with Crippen molar-refractivity contribution in [3.63, 3.8) is 0 Å². The van der Waals surface area contributed by atoms with E-state index in [-0.39, 0.29) is 23.2 Å². The molecule has 7 nitrogen and oxygen atoms in total. The van der Waals surface area contributed by atoms with E-state index in [1.807, 2.05) is 47.0 Å². The Bertz CT molecular complexity index is 1200. The first-order valence-electron chi connectivity index (χ1n) is 9.66. The predicted molar refractivity (Wildman–Crippen MR) is 122 cm³/mol. The molecule has 1 amide bonds. The lowest BCUT2D eigenvalue weighted by atomic mass is 10.0. The molecule has 1 saturated heterocycles. The van der Waals surface area contributed by atoms with Crippen LogP contribution in [0, 0.1) is 0 Å². The lowest BCUT2D eigenvalue weighted by molar-refractivity contribution is -0.120. The molecule has 1 aliphatic heterocycles. The van der Waals surface area contributed by atoms with E-state index in [1.165, 1.54) is 11.8 Å². The van der Waals surface area contributed by atoms with Gasteiger partial charge < -0.3 is 5.32 Å². The van der Waals surface area contributed by atoms with Gasteiger partial charge in [0.1, 0.15) is 0 Å². The SMILES string of the molecule is CC1(NC(=O)CSc2nnc(-c3ccc(Cl)cc3)n2-c2ccccc2)CCS(=O)(=O)C1. The number of sulfone groups is 1. The molecule has 31 heavy (non-hydrogen) atoms. The van der Waals surface area contributed by atoms with Crippen LogP contribution in [0.15, 0.2) is 59.8 Å². The zero-order valence-electron chi connectivity index (χ0n) is 16.8. The highest BCUT2D eigenvalue weighted by Crippen LogP contribution is 2.29. The van der Waals surface area contributed by atoms with Crippen molar-refractivity contribution in [2.24, 2.45) is 0 Å². The Hall–Kier alpha value is -2.36. The van der Waals surface area contributed by atoms with E-state index in [1.54, 1.807) is 19.1 Å². The first-order valence-corrected chi connectivity index (χ1v) is 12.8. The van der Waals surface area contributed by atoms with Crippen LogP contribution < -0.4 is 5.32 Å². The van der Waals surface area contributed by atoms with Gasteiger partial charge in [-0.2, -0.15) is 0 Å². The van der Waals surface area contributed by atoms with Crippen LogP contribution in [0.5, 0.6) is 0 Å². The van der Waals surface area contributed by atoms with Gasteiger partial charge in [-0.15, -0.1) is 10.2 Å². The second-order valence-electron chi connectivity index (χ2n) is 7.72. The molecule has 0 saturated carbocycles. The topological polar surface area (TPSA) is 93.9 Å². The standard InChI is InChI=1S/C21H21ClN4O3S2/c1-21(11-12-31(28,29)14-21)23-18(27)13-30-20-25-24-19(15-7-9-16(22)10-8-15)26(20)17-5-3-2-4-6-17/h2-10H,11-14H2,1H3,(H,23,27). The van der Waals surface area contributed by atoms with E-state index in [4.69, 9.17) is 11.6 Å². The highest BCUT2D eigenvalue weighted by Gasteiger charge is 2.39. The van der Waals surface area contributed by atoms with Crippen molar-refractivity contribution in [2.75, 3.05) is 17.3 Å². The normalized spacial score (nSPS) is 19.9. The molecule has 0 aliphatic carbocycles. The number of rotatable bonds is 6. The summed E-state index contributed by atoms with van der Waals surface area (Å²) in [4.78, 5) is 12.6. The van der Waals surface area contributed by atoms with Crippen LogP contribution in [0.3, 0.4) is 0 Å². The third-order valence-corrected chi connectivity index (χ3v) is 8.11. The third kappa shape index (κ3) is 5.11. The summed E-state index contributed by atoms with van der Waals surface area (Å²) < 4.78 is 25.5. The molecule has 1 aliphatic rings. The fraction of sp³-hybridized carbons (Fsp3) is 0.286. The number of hydrogen-bond donors (Lipinski definition) is 1. The molecule has 0 bridgehead atoms. The van der Waals surface area contributed by atoms with Gasteiger partial charge in [0.25, 0.3) is 0 Å². The van der Waals surface area contributed by atoms with E-state index in [0.29, 0.717) is 22.4 Å². The van der Waals surface area contributed by atoms with Crippen molar-refractivity contribution in [3.8, 4) is 17.1 Å². The number of para-hydroxylation sites is 1. The summed E-state index contributed by atoms with van der Waals surface area (Å²) in [6.45, 7) is 1.77.